The van der Waals surface area contributed by atoms with E-state index < -0.39 is 61.3 Å². The summed E-state index contributed by atoms with van der Waals surface area (Å²) in [6.45, 7) is -0.375. The van der Waals surface area contributed by atoms with Crippen LogP contribution >= 0.6 is 0 Å². The molecule has 11 heteroatoms. The zero-order valence-electron chi connectivity index (χ0n) is 23.3. The fraction of sp³-hybridized carbons (Fsp3) is 0.556. The summed E-state index contributed by atoms with van der Waals surface area (Å²) in [4.78, 5) is 0. The minimum Gasteiger partial charge on any atom is -0.493 e. The molecule has 3 fully saturated rings. The Kier molecular flexibility index (Phi) is 7.21. The normalized spacial score (nSPS) is 39.2. The van der Waals surface area contributed by atoms with Gasteiger partial charge >= 0.3 is 0 Å². The summed E-state index contributed by atoms with van der Waals surface area (Å²) < 4.78 is 57.9. The lowest BCUT2D eigenvalue weighted by atomic mass is 9.85. The third-order valence-corrected chi connectivity index (χ3v) is 7.20. The number of aliphatic hydroxyl groups is 4. The van der Waals surface area contributed by atoms with Crippen LogP contribution in [-0.4, -0.2) is 92.3 Å². The molecule has 9 atom stereocenters. The molecule has 11 nitrogen and oxygen atoms in total. The minimum atomic E-state index is -1.60. The Hall–Kier alpha value is -2.64. The maximum Gasteiger partial charge on any atom is 0.229 e. The van der Waals surface area contributed by atoms with Gasteiger partial charge in [-0.05, 0) is 35.4 Å². The first-order valence-corrected chi connectivity index (χ1v) is 12.3. The van der Waals surface area contributed by atoms with E-state index in [4.69, 9.17) is 33.2 Å². The van der Waals surface area contributed by atoms with Crippen LogP contribution in [0.25, 0.3) is 0 Å². The number of ether oxygens (including phenoxy) is 7. The van der Waals surface area contributed by atoms with Crippen LogP contribution in [-0.2, 0) is 14.2 Å². The summed E-state index contributed by atoms with van der Waals surface area (Å²) in [5, 5.41) is 39.9. The summed E-state index contributed by atoms with van der Waals surface area (Å²) in [5.74, 6) is 0.384. The van der Waals surface area contributed by atoms with Gasteiger partial charge in [-0.3, -0.25) is 0 Å². The number of aliphatic hydroxyl groups excluding tert-OH is 4. The third kappa shape index (κ3) is 4.79. The smallest absolute Gasteiger partial charge is 0.229 e. The fourth-order valence-electron chi connectivity index (χ4n) is 5.11. The second-order valence-corrected chi connectivity index (χ2v) is 9.31. The van der Waals surface area contributed by atoms with Gasteiger partial charge in [-0.2, -0.15) is 0 Å². The molecule has 0 spiro atoms. The lowest BCUT2D eigenvalue weighted by molar-refractivity contribution is -0.277. The van der Waals surface area contributed by atoms with Crippen molar-refractivity contribution in [1.82, 2.24) is 0 Å². The van der Waals surface area contributed by atoms with E-state index in [0.29, 0.717) is 22.6 Å². The zero-order valence-corrected chi connectivity index (χ0v) is 21.3. The van der Waals surface area contributed by atoms with Gasteiger partial charge in [0.15, 0.2) is 23.0 Å². The van der Waals surface area contributed by atoms with Gasteiger partial charge in [-0.1, -0.05) is 12.1 Å². The van der Waals surface area contributed by atoms with E-state index in [1.54, 1.807) is 30.3 Å². The Bertz CT molecular complexity index is 1210. The summed E-state index contributed by atoms with van der Waals surface area (Å²) in [7, 11) is 4.45. The van der Waals surface area contributed by atoms with E-state index >= 15 is 0 Å². The van der Waals surface area contributed by atoms with Crippen LogP contribution < -0.4 is 18.9 Å². The predicted octanol–water partition coefficient (Wildman–Crippen LogP) is 0.966. The Morgan fingerprint density at radius 2 is 1.29 bits per heavy atom. The van der Waals surface area contributed by atoms with Crippen molar-refractivity contribution in [3.63, 3.8) is 0 Å². The first-order chi connectivity index (χ1) is 19.1. The van der Waals surface area contributed by atoms with Gasteiger partial charge in [0.1, 0.15) is 24.4 Å². The number of fused-ring (bicyclic) bond motifs is 1. The molecule has 0 aliphatic carbocycles. The van der Waals surface area contributed by atoms with Crippen molar-refractivity contribution < 1.29 is 56.3 Å². The second kappa shape index (κ2) is 11.2. The average molecular weight is 537 g/mol. The molecule has 0 bridgehead atoms. The molecule has 3 aliphatic heterocycles. The average Bonchev–Trinajstić information content (AvgIpc) is 3.51. The molecule has 5 rings (SSSR count). The van der Waals surface area contributed by atoms with Gasteiger partial charge in [-0.25, -0.2) is 0 Å². The van der Waals surface area contributed by atoms with Gasteiger partial charge in [0.05, 0.1) is 56.1 Å². The van der Waals surface area contributed by atoms with Crippen molar-refractivity contribution in [2.45, 2.75) is 42.9 Å². The standard InChI is InChI=1S/C27H34O11/c1-32-17-6-4-13(8-19(17)33-2)25-15-11-36-26(16(15)12-35-25)14-5-7-18(20(9-14)34-3)37-27-24(31)23(30)22(29)21(10-28)38-27/h4-9,15-16,21-31H,10-12H2,1-3H3/t15?,16?,21-,22-,23+,24-,25?,26?,27+/m1/s1/i25D,26D. The number of hydrogen-bond donors (Lipinski definition) is 4. The van der Waals surface area contributed by atoms with E-state index in [1.165, 1.54) is 27.4 Å². The van der Waals surface area contributed by atoms with E-state index in [2.05, 4.69) is 0 Å². The Balaban J connectivity index is 1.38. The highest BCUT2D eigenvalue weighted by molar-refractivity contribution is 5.45. The van der Waals surface area contributed by atoms with Crippen LogP contribution in [0.2, 0.25) is 0 Å². The van der Waals surface area contributed by atoms with Crippen LogP contribution in [0.1, 0.15) is 26.0 Å². The molecule has 0 saturated carbocycles. The molecule has 3 saturated heterocycles. The SMILES string of the molecule is [2H]C1(c2ccc(OC)c(OC)c2)OCC2C1COC2([2H])c1ccc(O[C@H]2O[C@H](CO)[C@@H](O)[C@H](O)[C@H]2O)c(OC)c1. The summed E-state index contributed by atoms with van der Waals surface area (Å²) in [5.41, 5.74) is 1.00. The molecular formula is C27H34O11. The molecule has 0 amide bonds. The first kappa shape index (κ1) is 24.4. The van der Waals surface area contributed by atoms with Crippen molar-refractivity contribution in [2.24, 2.45) is 11.8 Å². The lowest BCUT2D eigenvalue weighted by Crippen LogP contribution is -2.60. The van der Waals surface area contributed by atoms with Crippen molar-refractivity contribution >= 4 is 0 Å². The maximum atomic E-state index is 10.3. The highest BCUT2D eigenvalue weighted by Crippen LogP contribution is 2.51. The van der Waals surface area contributed by atoms with Crippen molar-refractivity contribution in [3.05, 3.63) is 47.5 Å². The molecule has 3 heterocycles. The quantitative estimate of drug-likeness (QED) is 0.383. The number of benzene rings is 2. The van der Waals surface area contributed by atoms with Gasteiger partial charge < -0.3 is 53.6 Å². The molecule has 2 aromatic rings. The minimum absolute atomic E-state index is 0.109. The van der Waals surface area contributed by atoms with Crippen molar-refractivity contribution in [1.29, 1.82) is 0 Å². The fourth-order valence-corrected chi connectivity index (χ4v) is 5.11. The molecule has 4 unspecified atom stereocenters. The molecule has 38 heavy (non-hydrogen) atoms. The summed E-state index contributed by atoms with van der Waals surface area (Å²) in [6.07, 6.45) is -10.3. The summed E-state index contributed by atoms with van der Waals surface area (Å²) >= 11 is 0. The molecule has 2 aromatic carbocycles. The highest BCUT2D eigenvalue weighted by Gasteiger charge is 2.49. The largest absolute Gasteiger partial charge is 0.493 e. The van der Waals surface area contributed by atoms with Crippen molar-refractivity contribution in [3.8, 4) is 23.0 Å². The van der Waals surface area contributed by atoms with Crippen LogP contribution in [0.4, 0.5) is 0 Å². The number of hydrogen-bond acceptors (Lipinski definition) is 11. The van der Waals surface area contributed by atoms with Gasteiger partial charge in [0.25, 0.3) is 0 Å². The highest BCUT2D eigenvalue weighted by atomic mass is 16.7. The monoisotopic (exact) mass is 536 g/mol. The first-order valence-electron chi connectivity index (χ1n) is 13.3. The molecule has 208 valence electrons. The third-order valence-electron chi connectivity index (χ3n) is 7.20. The molecule has 0 radical (unpaired) electrons. The predicted molar refractivity (Wildman–Crippen MR) is 131 cm³/mol. The van der Waals surface area contributed by atoms with E-state index in [-0.39, 0.29) is 24.7 Å². The Morgan fingerprint density at radius 1 is 0.763 bits per heavy atom. The Labute approximate surface area is 223 Å². The zero-order chi connectivity index (χ0) is 28.8. The van der Waals surface area contributed by atoms with Gasteiger partial charge in [0.2, 0.25) is 6.29 Å². The second-order valence-electron chi connectivity index (χ2n) is 9.31. The maximum absolute atomic E-state index is 10.3. The van der Waals surface area contributed by atoms with Crippen LogP contribution in [0, 0.1) is 11.8 Å². The van der Waals surface area contributed by atoms with Crippen LogP contribution in [0.15, 0.2) is 36.4 Å². The number of methoxy groups -OCH3 is 3. The van der Waals surface area contributed by atoms with E-state index in [1.807, 2.05) is 0 Å². The summed E-state index contributed by atoms with van der Waals surface area (Å²) in [6, 6.07) is 9.85. The van der Waals surface area contributed by atoms with Gasteiger partial charge in [-0.15, -0.1) is 0 Å². The van der Waals surface area contributed by atoms with E-state index in [9.17, 15) is 23.2 Å². The molecule has 3 aliphatic rings. The van der Waals surface area contributed by atoms with Crippen LogP contribution in [0.3, 0.4) is 0 Å². The Morgan fingerprint density at radius 3 is 1.82 bits per heavy atom. The van der Waals surface area contributed by atoms with Gasteiger partial charge in [0, 0.05) is 11.8 Å². The van der Waals surface area contributed by atoms with E-state index in [0.717, 1.165) is 0 Å². The number of rotatable bonds is 8. The molecule has 4 N–H and O–H groups in total. The lowest BCUT2D eigenvalue weighted by Gasteiger charge is -2.39. The van der Waals surface area contributed by atoms with Crippen molar-refractivity contribution in [2.75, 3.05) is 41.2 Å². The topological polar surface area (TPSA) is 146 Å². The van der Waals surface area contributed by atoms with Crippen LogP contribution in [0.5, 0.6) is 23.0 Å². The molecule has 0 aromatic heterocycles. The molecular weight excluding hydrogens is 500 g/mol.